The maximum absolute atomic E-state index is 12.9. The third kappa shape index (κ3) is 5.25. The maximum atomic E-state index is 12.9. The highest BCUT2D eigenvalue weighted by Crippen LogP contribution is 2.36. The van der Waals surface area contributed by atoms with Gasteiger partial charge in [-0.1, -0.05) is 23.9 Å². The molecule has 1 N–H and O–H groups in total. The molecule has 1 atom stereocenters. The molecule has 10 heteroatoms. The number of rotatable bonds is 8. The molecule has 0 aliphatic rings. The minimum Gasteiger partial charge on any atom is -0.462 e. The number of thiophene rings is 1. The number of benzene rings is 1. The summed E-state index contributed by atoms with van der Waals surface area (Å²) in [6.45, 7) is 7.20. The molecule has 0 aliphatic heterocycles. The molecule has 3 rings (SSSR count). The molecule has 0 radical (unpaired) electrons. The lowest BCUT2D eigenvalue weighted by molar-refractivity contribution is -0.115. The van der Waals surface area contributed by atoms with Crippen LogP contribution in [-0.2, 0) is 14.3 Å². The highest BCUT2D eigenvalue weighted by molar-refractivity contribution is 8.02. The number of fused-ring (bicyclic) bond motifs is 1. The molecule has 0 spiro atoms. The van der Waals surface area contributed by atoms with Gasteiger partial charge in [-0.2, -0.15) is 0 Å². The molecule has 31 heavy (non-hydrogen) atoms. The smallest absolute Gasteiger partial charge is 0.348 e. The molecule has 0 aliphatic carbocycles. The molecule has 0 unspecified atom stereocenters. The summed E-state index contributed by atoms with van der Waals surface area (Å²) in [4.78, 5) is 42.4. The average molecular weight is 479 g/mol. The highest BCUT2D eigenvalue weighted by Gasteiger charge is 2.28. The van der Waals surface area contributed by atoms with Crippen LogP contribution in [0.3, 0.4) is 0 Å². The van der Waals surface area contributed by atoms with Crippen molar-refractivity contribution < 1.29 is 23.9 Å². The lowest BCUT2D eigenvalue weighted by Gasteiger charge is -2.11. The zero-order chi connectivity index (χ0) is 22.5. The number of carbonyl (C=O) groups is 3. The fourth-order valence-electron chi connectivity index (χ4n) is 2.76. The van der Waals surface area contributed by atoms with Crippen molar-refractivity contribution >= 4 is 67.5 Å². The van der Waals surface area contributed by atoms with Gasteiger partial charge in [0.05, 0.1) is 34.2 Å². The monoisotopic (exact) mass is 478 g/mol. The first-order valence-corrected chi connectivity index (χ1v) is 12.2. The summed E-state index contributed by atoms with van der Waals surface area (Å²) in [7, 11) is 0. The molecule has 0 fully saturated rings. The van der Waals surface area contributed by atoms with Crippen LogP contribution in [0.2, 0.25) is 0 Å². The normalized spacial score (nSPS) is 11.9. The number of anilines is 1. The molecule has 0 bridgehead atoms. The quantitative estimate of drug-likeness (QED) is 0.354. The Kier molecular flexibility index (Phi) is 7.69. The van der Waals surface area contributed by atoms with Crippen molar-refractivity contribution in [2.45, 2.75) is 37.3 Å². The van der Waals surface area contributed by atoms with Crippen LogP contribution in [0.1, 0.15) is 46.4 Å². The van der Waals surface area contributed by atoms with Crippen LogP contribution in [0.5, 0.6) is 0 Å². The van der Waals surface area contributed by atoms with Crippen LogP contribution in [0.25, 0.3) is 10.2 Å². The van der Waals surface area contributed by atoms with E-state index >= 15 is 0 Å². The maximum Gasteiger partial charge on any atom is 0.348 e. The number of carbonyl (C=O) groups excluding carboxylic acids is 3. The third-order valence-electron chi connectivity index (χ3n) is 4.24. The fourth-order valence-corrected chi connectivity index (χ4v) is 6.06. The second kappa shape index (κ2) is 10.3. The van der Waals surface area contributed by atoms with Crippen molar-refractivity contribution in [1.29, 1.82) is 0 Å². The zero-order valence-electron chi connectivity index (χ0n) is 17.5. The molecule has 7 nitrogen and oxygen atoms in total. The van der Waals surface area contributed by atoms with E-state index in [0.717, 1.165) is 25.9 Å². The van der Waals surface area contributed by atoms with E-state index in [2.05, 4.69) is 10.3 Å². The Hall–Kier alpha value is -2.43. The minimum atomic E-state index is -0.589. The van der Waals surface area contributed by atoms with E-state index in [0.29, 0.717) is 5.56 Å². The summed E-state index contributed by atoms with van der Waals surface area (Å²) in [5.41, 5.74) is 1.50. The molecular formula is C21H22N2O5S3. The number of hydrogen-bond acceptors (Lipinski definition) is 9. The Bertz CT molecular complexity index is 1090. The number of ether oxygens (including phenoxy) is 2. The van der Waals surface area contributed by atoms with Crippen molar-refractivity contribution in [2.75, 3.05) is 18.5 Å². The second-order valence-corrected chi connectivity index (χ2v) is 10.0. The lowest BCUT2D eigenvalue weighted by atomic mass is 10.1. The van der Waals surface area contributed by atoms with E-state index in [4.69, 9.17) is 9.47 Å². The van der Waals surface area contributed by atoms with Gasteiger partial charge in [0.1, 0.15) is 9.88 Å². The number of thiazole rings is 1. The number of aromatic nitrogens is 1. The van der Waals surface area contributed by atoms with Crippen LogP contribution in [0, 0.1) is 6.92 Å². The SMILES string of the molecule is CCOC(=O)c1sc(NC(=O)[C@@H](C)Sc2nc3ccccc3s2)c(C(=O)OCC)c1C. The molecular weight excluding hydrogens is 456 g/mol. The summed E-state index contributed by atoms with van der Waals surface area (Å²) in [6, 6.07) is 7.78. The van der Waals surface area contributed by atoms with E-state index in [1.54, 1.807) is 27.7 Å². The van der Waals surface area contributed by atoms with Crippen molar-refractivity contribution in [1.82, 2.24) is 4.98 Å². The topological polar surface area (TPSA) is 94.6 Å². The van der Waals surface area contributed by atoms with E-state index in [1.807, 2.05) is 24.3 Å². The molecule has 2 heterocycles. The summed E-state index contributed by atoms with van der Waals surface area (Å²) >= 11 is 3.87. The van der Waals surface area contributed by atoms with E-state index < -0.39 is 17.2 Å². The standard InChI is InChI=1S/C21H22N2O5S3/c1-5-27-19(25)15-11(3)16(20(26)28-6-2)31-18(15)23-17(24)12(4)29-21-22-13-9-7-8-10-14(13)30-21/h7-10,12H,5-6H2,1-4H3,(H,23,24)/t12-/m1/s1. The fraction of sp³-hybridized carbons (Fsp3) is 0.333. The van der Waals surface area contributed by atoms with Crippen molar-refractivity contribution in [3.05, 3.63) is 40.3 Å². The van der Waals surface area contributed by atoms with Gasteiger partial charge in [-0.15, -0.1) is 22.7 Å². The zero-order valence-corrected chi connectivity index (χ0v) is 20.0. The van der Waals surface area contributed by atoms with Crippen LogP contribution < -0.4 is 5.32 Å². The number of esters is 2. The lowest BCUT2D eigenvalue weighted by Crippen LogP contribution is -2.23. The molecule has 3 aromatic rings. The van der Waals surface area contributed by atoms with Crippen LogP contribution >= 0.6 is 34.4 Å². The van der Waals surface area contributed by atoms with E-state index in [1.165, 1.54) is 23.1 Å². The minimum absolute atomic E-state index is 0.181. The van der Waals surface area contributed by atoms with Gasteiger partial charge in [-0.05, 0) is 45.4 Å². The number of para-hydroxylation sites is 1. The number of hydrogen-bond donors (Lipinski definition) is 1. The first kappa shape index (κ1) is 23.2. The highest BCUT2D eigenvalue weighted by atomic mass is 32.2. The molecule has 164 valence electrons. The largest absolute Gasteiger partial charge is 0.462 e. The molecule has 2 aromatic heterocycles. The third-order valence-corrected chi connectivity index (χ3v) is 7.66. The Morgan fingerprint density at radius 3 is 2.45 bits per heavy atom. The summed E-state index contributed by atoms with van der Waals surface area (Å²) in [6.07, 6.45) is 0. The summed E-state index contributed by atoms with van der Waals surface area (Å²) in [5, 5.41) is 2.60. The Morgan fingerprint density at radius 1 is 1.10 bits per heavy atom. The Labute approximate surface area is 192 Å². The summed E-state index contributed by atoms with van der Waals surface area (Å²) in [5.74, 6) is -1.42. The molecule has 0 saturated heterocycles. The summed E-state index contributed by atoms with van der Waals surface area (Å²) < 4.78 is 12.0. The van der Waals surface area contributed by atoms with Crippen LogP contribution in [0.4, 0.5) is 5.00 Å². The van der Waals surface area contributed by atoms with Gasteiger partial charge in [-0.3, -0.25) is 4.79 Å². The van der Waals surface area contributed by atoms with E-state index in [9.17, 15) is 14.4 Å². The van der Waals surface area contributed by atoms with Crippen LogP contribution in [0.15, 0.2) is 28.6 Å². The number of nitrogens with one attached hydrogen (secondary N) is 1. The van der Waals surface area contributed by atoms with Gasteiger partial charge in [-0.25, -0.2) is 14.6 Å². The number of amides is 1. The predicted octanol–water partition coefficient (Wildman–Crippen LogP) is 5.14. The number of nitrogens with zero attached hydrogens (tertiary/aromatic N) is 1. The van der Waals surface area contributed by atoms with Gasteiger partial charge in [0, 0.05) is 0 Å². The van der Waals surface area contributed by atoms with Crippen LogP contribution in [-0.4, -0.2) is 41.3 Å². The van der Waals surface area contributed by atoms with Gasteiger partial charge in [0.15, 0.2) is 4.34 Å². The number of thioether (sulfide) groups is 1. The Morgan fingerprint density at radius 2 is 1.77 bits per heavy atom. The van der Waals surface area contributed by atoms with Gasteiger partial charge >= 0.3 is 11.9 Å². The van der Waals surface area contributed by atoms with Crippen molar-refractivity contribution in [3.8, 4) is 0 Å². The van der Waals surface area contributed by atoms with Gasteiger partial charge in [0.25, 0.3) is 0 Å². The second-order valence-electron chi connectivity index (χ2n) is 6.40. The molecule has 1 aromatic carbocycles. The average Bonchev–Trinajstić information content (AvgIpc) is 3.28. The first-order chi connectivity index (χ1) is 14.8. The predicted molar refractivity (Wildman–Crippen MR) is 125 cm³/mol. The van der Waals surface area contributed by atoms with E-state index in [-0.39, 0.29) is 34.6 Å². The molecule has 0 saturated carbocycles. The Balaban J connectivity index is 1.81. The van der Waals surface area contributed by atoms with Gasteiger partial charge < -0.3 is 14.8 Å². The first-order valence-electron chi connectivity index (χ1n) is 9.66. The van der Waals surface area contributed by atoms with Crippen molar-refractivity contribution in [3.63, 3.8) is 0 Å². The van der Waals surface area contributed by atoms with Crippen molar-refractivity contribution in [2.24, 2.45) is 0 Å². The van der Waals surface area contributed by atoms with Gasteiger partial charge in [0.2, 0.25) is 5.91 Å². The molecule has 1 amide bonds.